The Morgan fingerprint density at radius 2 is 0.758 bits per heavy atom. The molecule has 0 fully saturated rings. The predicted octanol–water partition coefficient (Wildman–Crippen LogP) is 9.42. The first-order valence-electron chi connectivity index (χ1n) is 21.6. The van der Waals surface area contributed by atoms with Crippen LogP contribution < -0.4 is 24.8 Å². The third-order valence-electron chi connectivity index (χ3n) is 10.1. The summed E-state index contributed by atoms with van der Waals surface area (Å²) in [5.74, 6) is 0. The van der Waals surface area contributed by atoms with Crippen molar-refractivity contribution in [3.63, 3.8) is 0 Å². The van der Waals surface area contributed by atoms with E-state index in [9.17, 15) is 0 Å². The van der Waals surface area contributed by atoms with E-state index in [1.165, 1.54) is 74.4 Å². The van der Waals surface area contributed by atoms with Crippen molar-refractivity contribution in [1.29, 1.82) is 0 Å². The Kier molecular flexibility index (Phi) is 23.5. The average molecular weight is 936 g/mol. The monoisotopic (exact) mass is 934 g/mol. The van der Waals surface area contributed by atoms with Crippen molar-refractivity contribution in [2.45, 2.75) is 158 Å². The van der Waals surface area contributed by atoms with E-state index in [1.54, 1.807) is 0 Å². The molecule has 62 heavy (non-hydrogen) atoms. The van der Waals surface area contributed by atoms with E-state index < -0.39 is 0 Å². The van der Waals surface area contributed by atoms with Crippen LogP contribution in [-0.2, 0) is 74.4 Å². The van der Waals surface area contributed by atoms with Gasteiger partial charge in [0, 0.05) is 0 Å². The summed E-state index contributed by atoms with van der Waals surface area (Å²) in [5.41, 5.74) is 17.4. The zero-order valence-corrected chi connectivity index (χ0v) is 45.5. The van der Waals surface area contributed by atoms with Crippen molar-refractivity contribution in [1.82, 2.24) is 0 Å². The summed E-state index contributed by atoms with van der Waals surface area (Å²) in [7, 11) is 0. The smallest absolute Gasteiger partial charge is 0.109 e. The van der Waals surface area contributed by atoms with E-state index in [-0.39, 0.29) is 46.5 Å². The summed E-state index contributed by atoms with van der Waals surface area (Å²) in [4.78, 5) is 0. The Balaban J connectivity index is 0.000000434. The van der Waals surface area contributed by atoms with Crippen LogP contribution >= 0.6 is 0 Å². The van der Waals surface area contributed by atoms with Gasteiger partial charge in [0.15, 0.2) is 0 Å². The predicted molar refractivity (Wildman–Crippen MR) is 258 cm³/mol. The molecule has 0 aliphatic heterocycles. The van der Waals surface area contributed by atoms with Crippen LogP contribution in [0.3, 0.4) is 0 Å². The molecule has 4 aliphatic carbocycles. The first-order chi connectivity index (χ1) is 27.8. The molecule has 8 rings (SSSR count). The summed E-state index contributed by atoms with van der Waals surface area (Å²) >= 11 is 4.17. The number of hydrogen-bond donors (Lipinski definition) is 0. The van der Waals surface area contributed by atoms with Gasteiger partial charge < -0.3 is 24.8 Å². The molecule has 4 heteroatoms. The number of benzene rings is 4. The summed E-state index contributed by atoms with van der Waals surface area (Å²) in [6.07, 6.45) is 22.1. The molecule has 0 amide bonds. The first kappa shape index (κ1) is 57.6. The van der Waals surface area contributed by atoms with Gasteiger partial charge in [0.05, 0.1) is 0 Å². The van der Waals surface area contributed by atoms with E-state index in [1.807, 2.05) is 24.3 Å². The van der Waals surface area contributed by atoms with Crippen LogP contribution in [0.1, 0.15) is 168 Å². The van der Waals surface area contributed by atoms with Crippen molar-refractivity contribution >= 4 is 7.62 Å². The van der Waals surface area contributed by atoms with Crippen molar-refractivity contribution in [2.24, 2.45) is 0 Å². The van der Waals surface area contributed by atoms with Crippen LogP contribution in [-0.4, -0.2) is 7.62 Å². The molecule has 0 saturated carbocycles. The summed E-state index contributed by atoms with van der Waals surface area (Å²) in [6, 6.07) is 30.3. The van der Waals surface area contributed by atoms with Gasteiger partial charge in [-0.25, -0.2) is 24.3 Å². The molecule has 0 atom stereocenters. The fourth-order valence-electron chi connectivity index (χ4n) is 6.74. The first-order valence-corrected chi connectivity index (χ1v) is 23.2. The van der Waals surface area contributed by atoms with Crippen LogP contribution in [0.5, 0.6) is 0 Å². The molecule has 0 aromatic heterocycles. The van der Waals surface area contributed by atoms with Crippen LogP contribution in [0.2, 0.25) is 0 Å². The largest absolute Gasteiger partial charge is 1.00 e. The number of hydrogen-bond acceptors (Lipinski definition) is 0. The minimum atomic E-state index is 0. The second-order valence-electron chi connectivity index (χ2n) is 20.6. The van der Waals surface area contributed by atoms with Crippen LogP contribution in [0.15, 0.2) is 97.1 Å². The van der Waals surface area contributed by atoms with E-state index in [2.05, 4.69) is 248 Å². The quantitative estimate of drug-likeness (QED) is 0.105. The Morgan fingerprint density at radius 3 is 0.984 bits per heavy atom. The Hall–Kier alpha value is -2.41. The zero-order valence-electron chi connectivity index (χ0n) is 40.8. The van der Waals surface area contributed by atoms with Crippen LogP contribution in [0.25, 0.3) is 22.3 Å². The van der Waals surface area contributed by atoms with E-state index in [0.717, 1.165) is 25.7 Å². The Morgan fingerprint density at radius 1 is 0.452 bits per heavy atom. The van der Waals surface area contributed by atoms with Gasteiger partial charge in [-0.3, -0.25) is 12.2 Å². The average Bonchev–Trinajstić information content (AvgIpc) is 3.97. The molecule has 0 N–H and O–H groups in total. The van der Waals surface area contributed by atoms with E-state index >= 15 is 0 Å². The molecule has 4 aromatic rings. The summed E-state index contributed by atoms with van der Waals surface area (Å²) in [6.45, 7) is 35.5. The molecule has 0 radical (unpaired) electrons. The maximum atomic E-state index is 3.67. The van der Waals surface area contributed by atoms with Crippen molar-refractivity contribution < 1.29 is 64.8 Å². The molecule has 0 bridgehead atoms. The van der Waals surface area contributed by atoms with Crippen molar-refractivity contribution in [3.05, 3.63) is 166 Å². The molecule has 0 heterocycles. The van der Waals surface area contributed by atoms with Gasteiger partial charge in [-0.05, 0) is 56.8 Å². The molecule has 0 nitrogen and oxygen atoms in total. The molecule has 0 saturated heterocycles. The van der Waals surface area contributed by atoms with Gasteiger partial charge in [-0.1, -0.05) is 131 Å². The molecule has 4 aliphatic rings. The fraction of sp³-hybridized carbons (Fsp3) is 0.414. The van der Waals surface area contributed by atoms with Gasteiger partial charge in [-0.15, -0.1) is 35.1 Å². The van der Waals surface area contributed by atoms with Gasteiger partial charge in [0.1, 0.15) is 0 Å². The normalized spacial score (nSPS) is 13.2. The molecule has 0 unspecified atom stereocenters. The summed E-state index contributed by atoms with van der Waals surface area (Å²) in [5, 5.41) is 0. The molecule has 328 valence electrons. The van der Waals surface area contributed by atoms with Crippen LogP contribution in [0.4, 0.5) is 0 Å². The third kappa shape index (κ3) is 18.6. The second kappa shape index (κ2) is 25.3. The second-order valence-corrected chi connectivity index (χ2v) is 23.8. The maximum Gasteiger partial charge on any atom is -0.109 e. The van der Waals surface area contributed by atoms with Crippen molar-refractivity contribution in [2.75, 3.05) is 0 Å². The Labute approximate surface area is 415 Å². The van der Waals surface area contributed by atoms with E-state index in [4.69, 9.17) is 0 Å². The molecular formula is C58H72Cl2Ti2-2. The number of fused-ring (bicyclic) bond motifs is 6. The van der Waals surface area contributed by atoms with E-state index in [0.29, 0.717) is 0 Å². The minimum Gasteiger partial charge on any atom is -1.00 e. The zero-order chi connectivity index (χ0) is 45.1. The molecular weight excluding hydrogens is 863 g/mol. The standard InChI is InChI=1S/2C21H25.2C5H5.2C3H6.2ClH.2Ti/c2*1-20(2,3)16-7-9-18-14(12-16)11-15-13-17(21(4,5)6)8-10-19(15)18;2*1-2-4-5-3-1;2*1-3-2;;;;/h2*7-10,12H,11H2,1-6H3;2*1-3H,4H2;2*1-2H3;2*1H;;/q4*-1;;;;;2*+2/p-2. The SMILES string of the molecule is CC(C)(C)c1[c-]c2c(cc1)-c1ccc(C(C)(C)C)cc1C2.CC(C)(C)c1[c-]c2c(cc1)-c1ccc(C(C)(C)C)cc1C2.C[C](C)=[Ti+2].C[C](C)=[Ti+2].[C-]1=CC=CC1.[C-]1=CC=CC1.[Cl-].[Cl-]. The number of allylic oxidation sites excluding steroid dienone is 8. The minimum absolute atomic E-state index is 0. The van der Waals surface area contributed by atoms with Gasteiger partial charge >= 0.3 is 75.3 Å². The topological polar surface area (TPSA) is 0 Å². The number of rotatable bonds is 0. The molecule has 4 aromatic carbocycles. The fourth-order valence-corrected chi connectivity index (χ4v) is 6.74. The maximum absolute atomic E-state index is 3.67. The van der Waals surface area contributed by atoms with Crippen molar-refractivity contribution in [3.8, 4) is 22.3 Å². The van der Waals surface area contributed by atoms with Gasteiger partial charge in [0.2, 0.25) is 0 Å². The van der Waals surface area contributed by atoms with Crippen LogP contribution in [0, 0.1) is 24.3 Å². The summed E-state index contributed by atoms with van der Waals surface area (Å²) < 4.78 is 2.83. The third-order valence-corrected chi connectivity index (χ3v) is 10.1. The number of halogens is 2. The van der Waals surface area contributed by atoms with Gasteiger partial charge in [-0.2, -0.15) is 59.7 Å². The molecule has 0 spiro atoms. The van der Waals surface area contributed by atoms with Gasteiger partial charge in [0.25, 0.3) is 0 Å². The Bertz CT molecular complexity index is 1910.